The standard InChI is InChI=1S/C27H29N5O2.C17H23N3.C13H12N2O5/c1-31(2)13-3-4-19-15-22(32-20-6-7-21(32)9-8-20)10-11-23(19)30-27(33)26-17-29-24-14-18(16-28)5-12-25(24)34-26;1-19(2)11-3-4-13-12-16(9-10-17(13)18)20-14-5-6-15(20)8-7-14;1-2-19-13(18)15-7-11(12(16)17)20-10-4-3-8(6-14)5-9(10)15/h5,10-12,14-15,20-21,26,29H,6-9,13,17H2,1-2H3,(H,30,33);9-10,12,14-15H,5-8,11,18H2,1-2H3;3-5,11H,2,7H2,1H3,(H,16,17). The molecule has 17 heteroatoms. The number of benzene rings is 4. The van der Waals surface area contributed by atoms with Crippen LogP contribution in [0.15, 0.2) is 72.8 Å². The van der Waals surface area contributed by atoms with E-state index in [4.69, 9.17) is 35.6 Å². The maximum Gasteiger partial charge on any atom is 0.414 e. The van der Waals surface area contributed by atoms with Crippen LogP contribution in [0.1, 0.15) is 80.5 Å². The summed E-state index contributed by atoms with van der Waals surface area (Å²) in [7, 11) is 8.02. The zero-order valence-electron chi connectivity index (χ0n) is 42.7. The normalized spacial score (nSPS) is 21.2. The first-order valence-corrected chi connectivity index (χ1v) is 25.2. The van der Waals surface area contributed by atoms with Gasteiger partial charge in [-0.25, -0.2) is 9.59 Å². The van der Waals surface area contributed by atoms with Gasteiger partial charge in [-0.3, -0.25) is 19.5 Å². The quantitative estimate of drug-likeness (QED) is 0.102. The molecule has 0 aromatic heterocycles. The van der Waals surface area contributed by atoms with Gasteiger partial charge in [-0.1, -0.05) is 23.7 Å². The van der Waals surface area contributed by atoms with E-state index in [1.807, 2.05) is 51.3 Å². The molecule has 0 aliphatic carbocycles. The van der Waals surface area contributed by atoms with Crippen LogP contribution in [0.2, 0.25) is 0 Å². The monoisotopic (exact) mass is 1000 g/mol. The van der Waals surface area contributed by atoms with Gasteiger partial charge in [0.25, 0.3) is 5.91 Å². The largest absolute Gasteiger partial charge is 0.478 e. The molecule has 2 unspecified atom stereocenters. The van der Waals surface area contributed by atoms with Gasteiger partial charge >= 0.3 is 12.1 Å². The molecule has 0 radical (unpaired) electrons. The highest BCUT2D eigenvalue weighted by Crippen LogP contribution is 2.43. The van der Waals surface area contributed by atoms with Gasteiger partial charge in [0.05, 0.1) is 78.7 Å². The fourth-order valence-electron chi connectivity index (χ4n) is 10.4. The maximum atomic E-state index is 13.1. The minimum Gasteiger partial charge on any atom is -0.478 e. The van der Waals surface area contributed by atoms with Crippen LogP contribution in [0.4, 0.5) is 38.9 Å². The summed E-state index contributed by atoms with van der Waals surface area (Å²) in [6, 6.07) is 28.9. The van der Waals surface area contributed by atoms with E-state index in [9.17, 15) is 14.4 Å². The van der Waals surface area contributed by atoms with E-state index < -0.39 is 24.3 Å². The third kappa shape index (κ3) is 12.2. The molecule has 0 spiro atoms. The second-order valence-electron chi connectivity index (χ2n) is 19.7. The van der Waals surface area contributed by atoms with Crippen LogP contribution in [-0.2, 0) is 14.3 Å². The molecule has 6 aliphatic heterocycles. The smallest absolute Gasteiger partial charge is 0.414 e. The molecule has 5 N–H and O–H groups in total. The lowest BCUT2D eigenvalue weighted by Crippen LogP contribution is -2.47. The van der Waals surface area contributed by atoms with Gasteiger partial charge in [-0.15, -0.1) is 0 Å². The second kappa shape index (κ2) is 23.6. The molecule has 2 atom stereocenters. The van der Waals surface area contributed by atoms with Gasteiger partial charge in [0, 0.05) is 46.8 Å². The molecule has 4 aromatic carbocycles. The third-order valence-corrected chi connectivity index (χ3v) is 13.9. The lowest BCUT2D eigenvalue weighted by Gasteiger charge is -2.32. The molecule has 17 nitrogen and oxygen atoms in total. The molecular formula is C57H64N10O7. The summed E-state index contributed by atoms with van der Waals surface area (Å²) in [4.78, 5) is 46.4. The van der Waals surface area contributed by atoms with Gasteiger partial charge in [0.1, 0.15) is 11.5 Å². The average Bonchev–Trinajstić information content (AvgIpc) is 4.22. The number of carboxylic acid groups (broad SMARTS) is 1. The number of hydrogen-bond acceptors (Lipinski definition) is 14. The van der Waals surface area contributed by atoms with E-state index in [1.165, 1.54) is 85.8 Å². The van der Waals surface area contributed by atoms with Gasteiger partial charge in [-0.2, -0.15) is 10.5 Å². The Kier molecular flexibility index (Phi) is 16.7. The van der Waals surface area contributed by atoms with Gasteiger partial charge in [-0.05, 0) is 159 Å². The molecule has 0 saturated carbocycles. The van der Waals surface area contributed by atoms with E-state index >= 15 is 0 Å². The third-order valence-electron chi connectivity index (χ3n) is 13.9. The molecule has 6 heterocycles. The molecule has 6 aliphatic rings. The molecule has 10 rings (SSSR count). The fraction of sp³-hybridized carbons (Fsp3) is 0.421. The number of rotatable bonds is 8. The lowest BCUT2D eigenvalue weighted by molar-refractivity contribution is -0.144. The Morgan fingerprint density at radius 3 is 1.81 bits per heavy atom. The first-order chi connectivity index (χ1) is 35.7. The number of fused-ring (bicyclic) bond motifs is 6. The van der Waals surface area contributed by atoms with Crippen LogP contribution >= 0.6 is 0 Å². The van der Waals surface area contributed by atoms with Crippen LogP contribution in [0.3, 0.4) is 0 Å². The molecular weight excluding hydrogens is 937 g/mol. The molecule has 4 fully saturated rings. The van der Waals surface area contributed by atoms with Crippen LogP contribution in [0.5, 0.6) is 11.5 Å². The summed E-state index contributed by atoms with van der Waals surface area (Å²) in [5.41, 5.74) is 13.8. The Labute approximate surface area is 433 Å². The van der Waals surface area contributed by atoms with Crippen molar-refractivity contribution in [2.45, 2.75) is 94.7 Å². The van der Waals surface area contributed by atoms with E-state index in [0.717, 1.165) is 41.1 Å². The Morgan fingerprint density at radius 2 is 1.26 bits per heavy atom. The summed E-state index contributed by atoms with van der Waals surface area (Å²) < 4.78 is 16.1. The van der Waals surface area contributed by atoms with Crippen LogP contribution in [-0.4, -0.2) is 130 Å². The summed E-state index contributed by atoms with van der Waals surface area (Å²) in [6.45, 7) is 3.38. The first kappa shape index (κ1) is 52.2. The summed E-state index contributed by atoms with van der Waals surface area (Å²) in [6.07, 6.45) is 7.89. The number of nitrogens with two attached hydrogens (primary N) is 1. The van der Waals surface area contributed by atoms with E-state index in [0.29, 0.717) is 53.4 Å². The Balaban J connectivity index is 0.000000157. The second-order valence-corrected chi connectivity index (χ2v) is 19.7. The zero-order valence-corrected chi connectivity index (χ0v) is 42.7. The zero-order chi connectivity index (χ0) is 52.5. The highest BCUT2D eigenvalue weighted by molar-refractivity contribution is 5.97. The Bertz CT molecular complexity index is 2920. The number of nitrogen functional groups attached to an aromatic ring is 1. The van der Waals surface area contributed by atoms with Crippen LogP contribution < -0.4 is 40.5 Å². The molecule has 4 aromatic rings. The summed E-state index contributed by atoms with van der Waals surface area (Å²) >= 11 is 0. The van der Waals surface area contributed by atoms with Crippen molar-refractivity contribution in [3.05, 3.63) is 95.1 Å². The number of carboxylic acids is 1. The molecule has 384 valence electrons. The van der Waals surface area contributed by atoms with E-state index in [-0.39, 0.29) is 24.8 Å². The molecule has 4 bridgehead atoms. The van der Waals surface area contributed by atoms with Gasteiger partial charge in [0.15, 0.2) is 6.10 Å². The van der Waals surface area contributed by atoms with Crippen molar-refractivity contribution in [1.29, 1.82) is 10.5 Å². The lowest BCUT2D eigenvalue weighted by atomic mass is 10.0. The van der Waals surface area contributed by atoms with Gasteiger partial charge < -0.3 is 45.5 Å². The number of nitrogens with one attached hydrogen (secondary N) is 2. The number of nitrogens with zero attached hydrogens (tertiary/aromatic N) is 7. The number of amides is 2. The minimum atomic E-state index is -1.17. The van der Waals surface area contributed by atoms with Crippen LogP contribution in [0.25, 0.3) is 0 Å². The molecule has 2 amide bonds. The number of nitriles is 2. The SMILES string of the molecule is CCOC(=O)N1CC(C(=O)O)Oc2ccc(C#N)cc21.CN(C)CC#Cc1cc(N2C3CCC2CC3)ccc1N.CN(C)CC#Cc1cc(N2C3CCC2CC3)ccc1NC(=O)C1CNc2cc(C#N)ccc2O1. The number of carbonyl (C=O) groups is 3. The predicted octanol–water partition coefficient (Wildman–Crippen LogP) is 7.09. The first-order valence-electron chi connectivity index (χ1n) is 25.2. The van der Waals surface area contributed by atoms with Crippen molar-refractivity contribution < 1.29 is 33.7 Å². The fourth-order valence-corrected chi connectivity index (χ4v) is 10.4. The highest BCUT2D eigenvalue weighted by Gasteiger charge is 2.41. The van der Waals surface area contributed by atoms with Crippen molar-refractivity contribution in [2.24, 2.45) is 0 Å². The Morgan fingerprint density at radius 1 is 0.730 bits per heavy atom. The van der Waals surface area contributed by atoms with E-state index in [2.05, 4.69) is 79.3 Å². The van der Waals surface area contributed by atoms with Crippen molar-refractivity contribution in [3.8, 4) is 47.3 Å². The summed E-state index contributed by atoms with van der Waals surface area (Å²) in [5, 5.41) is 33.2. The van der Waals surface area contributed by atoms with Crippen molar-refractivity contribution in [2.75, 3.05) is 92.0 Å². The number of hydrogen-bond donors (Lipinski definition) is 4. The topological polar surface area (TPSA) is 213 Å². The maximum absolute atomic E-state index is 13.1. The number of ether oxygens (including phenoxy) is 3. The van der Waals surface area contributed by atoms with Crippen LogP contribution in [0, 0.1) is 46.3 Å². The number of carbonyl (C=O) groups excluding carboxylic acids is 2. The molecule has 74 heavy (non-hydrogen) atoms. The number of aliphatic carboxylic acids is 1. The number of anilines is 6. The molecule has 4 saturated heterocycles. The average molecular weight is 1000 g/mol. The minimum absolute atomic E-state index is 0.168. The van der Waals surface area contributed by atoms with Gasteiger partial charge in [0.2, 0.25) is 6.10 Å². The highest BCUT2D eigenvalue weighted by atomic mass is 16.6. The van der Waals surface area contributed by atoms with Crippen molar-refractivity contribution in [3.63, 3.8) is 0 Å². The van der Waals surface area contributed by atoms with Crippen molar-refractivity contribution >= 4 is 52.1 Å². The Hall–Kier alpha value is -8.09. The van der Waals surface area contributed by atoms with E-state index in [1.54, 1.807) is 25.1 Å². The van der Waals surface area contributed by atoms with Crippen molar-refractivity contribution in [1.82, 2.24) is 9.80 Å². The predicted molar refractivity (Wildman–Crippen MR) is 285 cm³/mol. The summed E-state index contributed by atoms with van der Waals surface area (Å²) in [5.74, 6) is 12.3.